The van der Waals surface area contributed by atoms with Crippen molar-refractivity contribution in [1.82, 2.24) is 10.2 Å². The van der Waals surface area contributed by atoms with Gasteiger partial charge in [-0.15, -0.1) is 11.3 Å². The highest BCUT2D eigenvalue weighted by Crippen LogP contribution is 2.21. The molecule has 0 aliphatic carbocycles. The van der Waals surface area contributed by atoms with Crippen LogP contribution in [0.1, 0.15) is 29.4 Å². The predicted molar refractivity (Wildman–Crippen MR) is 74.0 cm³/mol. The molecule has 0 aromatic carbocycles. The predicted octanol–water partition coefficient (Wildman–Crippen LogP) is 2.86. The average molecular weight is 275 g/mol. The maximum Gasteiger partial charge on any atom is 0.262 e. The second kappa shape index (κ2) is 6.99. The van der Waals surface area contributed by atoms with Gasteiger partial charge in [0.05, 0.1) is 5.02 Å². The van der Waals surface area contributed by atoms with Crippen LogP contribution in [0.25, 0.3) is 0 Å². The molecule has 0 radical (unpaired) electrons. The van der Waals surface area contributed by atoms with Crippen molar-refractivity contribution in [2.45, 2.75) is 25.8 Å². The Hall–Kier alpha value is -0.580. The molecule has 0 fully saturated rings. The first kappa shape index (κ1) is 14.5. The van der Waals surface area contributed by atoms with Crippen molar-refractivity contribution in [2.24, 2.45) is 0 Å². The first-order valence-corrected chi connectivity index (χ1v) is 6.99. The second-order valence-electron chi connectivity index (χ2n) is 4.21. The average Bonchev–Trinajstić information content (AvgIpc) is 2.69. The van der Waals surface area contributed by atoms with Crippen LogP contribution in [0.4, 0.5) is 0 Å². The maximum absolute atomic E-state index is 11.9. The van der Waals surface area contributed by atoms with E-state index in [9.17, 15) is 4.79 Å². The Bertz CT molecular complexity index is 365. The van der Waals surface area contributed by atoms with E-state index in [2.05, 4.69) is 17.1 Å². The summed E-state index contributed by atoms with van der Waals surface area (Å²) in [5, 5.41) is 5.30. The highest BCUT2D eigenvalue weighted by molar-refractivity contribution is 7.12. The van der Waals surface area contributed by atoms with Crippen LogP contribution in [0, 0.1) is 0 Å². The Morgan fingerprint density at radius 3 is 2.76 bits per heavy atom. The molecule has 0 aliphatic heterocycles. The molecule has 17 heavy (non-hydrogen) atoms. The highest BCUT2D eigenvalue weighted by atomic mass is 35.5. The standard InChI is InChI=1S/C12H19ClN2OS/c1-4-5-9(15(2)3)8-14-12(16)11-10(13)6-7-17-11/h6-7,9H,4-5,8H2,1-3H3,(H,14,16). The normalized spacial score (nSPS) is 12.8. The summed E-state index contributed by atoms with van der Waals surface area (Å²) in [6.07, 6.45) is 2.18. The number of thiophene rings is 1. The minimum Gasteiger partial charge on any atom is -0.350 e. The lowest BCUT2D eigenvalue weighted by Gasteiger charge is -2.24. The van der Waals surface area contributed by atoms with Gasteiger partial charge in [-0.2, -0.15) is 0 Å². The van der Waals surface area contributed by atoms with E-state index in [1.54, 1.807) is 6.07 Å². The van der Waals surface area contributed by atoms with Gasteiger partial charge in [0.25, 0.3) is 5.91 Å². The lowest BCUT2D eigenvalue weighted by atomic mass is 10.1. The zero-order valence-corrected chi connectivity index (χ0v) is 12.1. The fourth-order valence-corrected chi connectivity index (χ4v) is 2.68. The van der Waals surface area contributed by atoms with Crippen molar-refractivity contribution >= 4 is 28.8 Å². The van der Waals surface area contributed by atoms with Crippen molar-refractivity contribution in [3.8, 4) is 0 Å². The Balaban J connectivity index is 2.49. The number of carbonyl (C=O) groups excluding carboxylic acids is 1. The van der Waals surface area contributed by atoms with E-state index in [-0.39, 0.29) is 5.91 Å². The zero-order valence-electron chi connectivity index (χ0n) is 10.5. The second-order valence-corrected chi connectivity index (χ2v) is 5.54. The van der Waals surface area contributed by atoms with Gasteiger partial charge in [0, 0.05) is 12.6 Å². The molecule has 0 aliphatic rings. The zero-order chi connectivity index (χ0) is 12.8. The molecule has 0 saturated carbocycles. The molecule has 1 aromatic rings. The summed E-state index contributed by atoms with van der Waals surface area (Å²) in [7, 11) is 4.06. The first-order chi connectivity index (χ1) is 8.06. The van der Waals surface area contributed by atoms with Gasteiger partial charge in [-0.1, -0.05) is 24.9 Å². The van der Waals surface area contributed by atoms with Gasteiger partial charge in [-0.25, -0.2) is 0 Å². The van der Waals surface area contributed by atoms with Crippen LogP contribution < -0.4 is 5.32 Å². The summed E-state index contributed by atoms with van der Waals surface area (Å²) >= 11 is 7.29. The van der Waals surface area contributed by atoms with Crippen LogP contribution in [0.5, 0.6) is 0 Å². The molecular formula is C12H19ClN2OS. The smallest absolute Gasteiger partial charge is 0.262 e. The van der Waals surface area contributed by atoms with Gasteiger partial charge >= 0.3 is 0 Å². The maximum atomic E-state index is 11.9. The van der Waals surface area contributed by atoms with Crippen molar-refractivity contribution in [2.75, 3.05) is 20.6 Å². The summed E-state index contributed by atoms with van der Waals surface area (Å²) < 4.78 is 0. The molecule has 0 spiro atoms. The van der Waals surface area contributed by atoms with Gasteiger partial charge in [0.15, 0.2) is 0 Å². The van der Waals surface area contributed by atoms with E-state index >= 15 is 0 Å². The minimum absolute atomic E-state index is 0.0760. The van der Waals surface area contributed by atoms with E-state index in [4.69, 9.17) is 11.6 Å². The molecular weight excluding hydrogens is 256 g/mol. The van der Waals surface area contributed by atoms with E-state index < -0.39 is 0 Å². The molecule has 1 rings (SSSR count). The van der Waals surface area contributed by atoms with Crippen molar-refractivity contribution in [3.05, 3.63) is 21.3 Å². The SMILES string of the molecule is CCCC(CNC(=O)c1sccc1Cl)N(C)C. The fraction of sp³-hybridized carbons (Fsp3) is 0.583. The molecule has 0 bridgehead atoms. The molecule has 3 nitrogen and oxygen atoms in total. The van der Waals surface area contributed by atoms with Crippen LogP contribution in [-0.4, -0.2) is 37.5 Å². The third-order valence-corrected chi connectivity index (χ3v) is 4.01. The molecule has 1 N–H and O–H groups in total. The lowest BCUT2D eigenvalue weighted by molar-refractivity contribution is 0.0944. The molecule has 96 valence electrons. The number of nitrogens with one attached hydrogen (secondary N) is 1. The van der Waals surface area contributed by atoms with Crippen LogP contribution >= 0.6 is 22.9 Å². The largest absolute Gasteiger partial charge is 0.350 e. The Morgan fingerprint density at radius 2 is 2.29 bits per heavy atom. The van der Waals surface area contributed by atoms with E-state index in [1.165, 1.54) is 11.3 Å². The Kier molecular flexibility index (Phi) is 5.95. The van der Waals surface area contributed by atoms with Gasteiger partial charge in [-0.3, -0.25) is 4.79 Å². The molecule has 1 aromatic heterocycles. The molecule has 5 heteroatoms. The number of carbonyl (C=O) groups is 1. The number of hydrogen-bond donors (Lipinski definition) is 1. The van der Waals surface area contributed by atoms with Crippen LogP contribution in [0.2, 0.25) is 5.02 Å². The van der Waals surface area contributed by atoms with Crippen LogP contribution in [0.15, 0.2) is 11.4 Å². The Labute approximate surface area is 112 Å². The van der Waals surface area contributed by atoms with Crippen molar-refractivity contribution in [1.29, 1.82) is 0 Å². The highest BCUT2D eigenvalue weighted by Gasteiger charge is 2.15. The molecule has 1 heterocycles. The molecule has 1 atom stereocenters. The Morgan fingerprint density at radius 1 is 1.59 bits per heavy atom. The third kappa shape index (κ3) is 4.30. The van der Waals surface area contributed by atoms with Crippen molar-refractivity contribution in [3.63, 3.8) is 0 Å². The van der Waals surface area contributed by atoms with E-state index in [0.29, 0.717) is 22.5 Å². The molecule has 1 amide bonds. The fourth-order valence-electron chi connectivity index (χ4n) is 1.62. The number of likely N-dealkylation sites (N-methyl/N-ethyl adjacent to an activating group) is 1. The summed E-state index contributed by atoms with van der Waals surface area (Å²) in [5.74, 6) is -0.0760. The molecule has 0 saturated heterocycles. The molecule has 1 unspecified atom stereocenters. The van der Waals surface area contributed by atoms with Crippen LogP contribution in [0.3, 0.4) is 0 Å². The van der Waals surface area contributed by atoms with E-state index in [0.717, 1.165) is 12.8 Å². The monoisotopic (exact) mass is 274 g/mol. The van der Waals surface area contributed by atoms with Crippen LogP contribution in [-0.2, 0) is 0 Å². The quantitative estimate of drug-likeness (QED) is 0.865. The minimum atomic E-state index is -0.0760. The van der Waals surface area contributed by atoms with E-state index in [1.807, 2.05) is 19.5 Å². The number of amides is 1. The van der Waals surface area contributed by atoms with Gasteiger partial charge in [0.1, 0.15) is 4.88 Å². The summed E-state index contributed by atoms with van der Waals surface area (Å²) in [6.45, 7) is 2.81. The van der Waals surface area contributed by atoms with Crippen molar-refractivity contribution < 1.29 is 4.79 Å². The summed E-state index contributed by atoms with van der Waals surface area (Å²) in [6, 6.07) is 2.12. The number of hydrogen-bond acceptors (Lipinski definition) is 3. The third-order valence-electron chi connectivity index (χ3n) is 2.67. The summed E-state index contributed by atoms with van der Waals surface area (Å²) in [5.41, 5.74) is 0. The van der Waals surface area contributed by atoms with Gasteiger partial charge in [0.2, 0.25) is 0 Å². The lowest BCUT2D eigenvalue weighted by Crippen LogP contribution is -2.40. The topological polar surface area (TPSA) is 32.3 Å². The van der Waals surface area contributed by atoms with Gasteiger partial charge < -0.3 is 10.2 Å². The summed E-state index contributed by atoms with van der Waals surface area (Å²) in [4.78, 5) is 14.6. The number of rotatable bonds is 6. The number of nitrogens with zero attached hydrogens (tertiary/aromatic N) is 1. The first-order valence-electron chi connectivity index (χ1n) is 5.73. The van der Waals surface area contributed by atoms with Gasteiger partial charge in [-0.05, 0) is 32.0 Å². The number of halogens is 1.